The third kappa shape index (κ3) is 9.06. The van der Waals surface area contributed by atoms with Gasteiger partial charge in [-0.05, 0) is 31.2 Å². The van der Waals surface area contributed by atoms with E-state index < -0.39 is 16.2 Å². The van der Waals surface area contributed by atoms with Crippen LogP contribution >= 0.6 is 0 Å². The molecular weight excluding hydrogens is 378 g/mol. The van der Waals surface area contributed by atoms with Crippen molar-refractivity contribution in [2.75, 3.05) is 5.75 Å². The summed E-state index contributed by atoms with van der Waals surface area (Å²) in [7, 11) is -3.58. The second-order valence-corrected chi connectivity index (χ2v) is 9.17. The predicted molar refractivity (Wildman–Crippen MR) is 109 cm³/mol. The van der Waals surface area contributed by atoms with Gasteiger partial charge in [0.15, 0.2) is 0 Å². The molecule has 1 saturated carbocycles. The minimum Gasteiger partial charge on any atom is -0.445 e. The quantitative estimate of drug-likeness (QED) is 0.541. The van der Waals surface area contributed by atoms with Crippen molar-refractivity contribution in [2.45, 2.75) is 83.5 Å². The van der Waals surface area contributed by atoms with E-state index in [0.717, 1.165) is 56.9 Å². The fourth-order valence-electron chi connectivity index (χ4n) is 3.37. The van der Waals surface area contributed by atoms with Gasteiger partial charge in [-0.1, -0.05) is 69.4 Å². The van der Waals surface area contributed by atoms with Crippen molar-refractivity contribution in [2.24, 2.45) is 0 Å². The fraction of sp³-hybridized carbons (Fsp3) is 0.667. The van der Waals surface area contributed by atoms with Crippen LogP contribution in [0.15, 0.2) is 30.3 Å². The first-order valence-corrected chi connectivity index (χ1v) is 11.9. The second kappa shape index (κ2) is 12.1. The molecule has 1 aliphatic rings. The highest BCUT2D eigenvalue weighted by Gasteiger charge is 2.23. The molecule has 0 aromatic heterocycles. The molecule has 1 N–H and O–H groups in total. The lowest BCUT2D eigenvalue weighted by atomic mass is 9.98. The van der Waals surface area contributed by atoms with Crippen LogP contribution in [-0.2, 0) is 25.6 Å². The Kier molecular flexibility index (Phi) is 9.78. The molecule has 1 aliphatic carbocycles. The van der Waals surface area contributed by atoms with Crippen molar-refractivity contribution >= 4 is 16.2 Å². The molecule has 0 aliphatic heterocycles. The molecule has 0 bridgehead atoms. The van der Waals surface area contributed by atoms with Gasteiger partial charge in [-0.15, -0.1) is 0 Å². The molecule has 1 amide bonds. The molecule has 1 fully saturated rings. The van der Waals surface area contributed by atoms with Gasteiger partial charge in [0.05, 0.1) is 11.9 Å². The average molecular weight is 412 g/mol. The Bertz CT molecular complexity index is 671. The van der Waals surface area contributed by atoms with Gasteiger partial charge < -0.3 is 10.1 Å². The van der Waals surface area contributed by atoms with E-state index in [4.69, 9.17) is 8.92 Å². The number of unbranched alkanes of at least 4 members (excludes halogenated alkanes) is 1. The first-order valence-electron chi connectivity index (χ1n) is 10.4. The topological polar surface area (TPSA) is 81.7 Å². The van der Waals surface area contributed by atoms with Gasteiger partial charge in [0.2, 0.25) is 0 Å². The molecule has 0 heterocycles. The van der Waals surface area contributed by atoms with E-state index in [1.165, 1.54) is 0 Å². The summed E-state index contributed by atoms with van der Waals surface area (Å²) in [5, 5.41) is 2.82. The van der Waals surface area contributed by atoms with E-state index in [1.54, 1.807) is 0 Å². The summed E-state index contributed by atoms with van der Waals surface area (Å²) in [5.41, 5.74) is 0.909. The Morgan fingerprint density at radius 3 is 2.54 bits per heavy atom. The molecule has 7 heteroatoms. The van der Waals surface area contributed by atoms with Crippen molar-refractivity contribution in [3.8, 4) is 0 Å². The zero-order valence-electron chi connectivity index (χ0n) is 16.8. The zero-order valence-corrected chi connectivity index (χ0v) is 17.6. The van der Waals surface area contributed by atoms with Crippen LogP contribution in [0.1, 0.15) is 70.3 Å². The van der Waals surface area contributed by atoms with Gasteiger partial charge >= 0.3 is 6.09 Å². The minimum atomic E-state index is -3.58. The standard InChI is InChI=1S/C21H33NO5S/c1-2-3-12-19(22-21(23)26-17-18-10-6-4-7-11-18)15-16-28(24,25)27-20-13-8-5-9-14-20/h4,6-7,10-11,19-20H,2-3,5,8-9,12-17H2,1H3,(H,22,23)/t19-/m1/s1. The number of carbonyl (C=O) groups is 1. The monoisotopic (exact) mass is 411 g/mol. The lowest BCUT2D eigenvalue weighted by molar-refractivity contribution is 0.134. The highest BCUT2D eigenvalue weighted by molar-refractivity contribution is 7.86. The largest absolute Gasteiger partial charge is 0.445 e. The molecule has 1 atom stereocenters. The van der Waals surface area contributed by atoms with Crippen LogP contribution in [0, 0.1) is 0 Å². The number of alkyl carbamates (subject to hydrolysis) is 1. The third-order valence-corrected chi connectivity index (χ3v) is 6.29. The van der Waals surface area contributed by atoms with Crippen molar-refractivity contribution in [3.63, 3.8) is 0 Å². The smallest absolute Gasteiger partial charge is 0.407 e. The fourth-order valence-corrected chi connectivity index (χ4v) is 4.65. The number of amides is 1. The Hall–Kier alpha value is -1.60. The molecule has 2 rings (SSSR count). The number of rotatable bonds is 11. The van der Waals surface area contributed by atoms with Gasteiger partial charge in [-0.3, -0.25) is 4.18 Å². The summed E-state index contributed by atoms with van der Waals surface area (Å²) in [5.74, 6) is -0.0865. The lowest BCUT2D eigenvalue weighted by Crippen LogP contribution is -2.37. The summed E-state index contributed by atoms with van der Waals surface area (Å²) in [4.78, 5) is 12.1. The van der Waals surface area contributed by atoms with E-state index in [2.05, 4.69) is 12.2 Å². The molecule has 28 heavy (non-hydrogen) atoms. The Morgan fingerprint density at radius 2 is 1.86 bits per heavy atom. The molecule has 0 radical (unpaired) electrons. The Labute approximate surface area is 169 Å². The number of carbonyl (C=O) groups excluding carboxylic acids is 1. The molecule has 158 valence electrons. The van der Waals surface area contributed by atoms with Crippen LogP contribution in [0.3, 0.4) is 0 Å². The van der Waals surface area contributed by atoms with Crippen LogP contribution in [0.25, 0.3) is 0 Å². The van der Waals surface area contributed by atoms with Gasteiger partial charge in [0, 0.05) is 6.04 Å². The van der Waals surface area contributed by atoms with Crippen LogP contribution < -0.4 is 5.32 Å². The van der Waals surface area contributed by atoms with E-state index in [-0.39, 0.29) is 24.5 Å². The average Bonchev–Trinajstić information content (AvgIpc) is 2.70. The maximum atomic E-state index is 12.3. The maximum Gasteiger partial charge on any atom is 0.407 e. The molecular formula is C21H33NO5S. The summed E-state index contributed by atoms with van der Waals surface area (Å²) < 4.78 is 35.2. The summed E-state index contributed by atoms with van der Waals surface area (Å²) in [6, 6.07) is 9.21. The summed E-state index contributed by atoms with van der Waals surface area (Å²) in [6.07, 6.45) is 7.04. The van der Waals surface area contributed by atoms with Crippen LogP contribution in [0.5, 0.6) is 0 Å². The van der Waals surface area contributed by atoms with E-state index >= 15 is 0 Å². The van der Waals surface area contributed by atoms with Gasteiger partial charge in [-0.25, -0.2) is 4.79 Å². The first-order chi connectivity index (χ1) is 13.5. The lowest BCUT2D eigenvalue weighted by Gasteiger charge is -2.22. The molecule has 6 nitrogen and oxygen atoms in total. The SMILES string of the molecule is CCCC[C@H](CCS(=O)(=O)OC1CCCCC1)NC(=O)OCc1ccccc1. The first kappa shape index (κ1) is 22.7. The highest BCUT2D eigenvalue weighted by atomic mass is 32.2. The van der Waals surface area contributed by atoms with Gasteiger partial charge in [0.1, 0.15) is 6.61 Å². The van der Waals surface area contributed by atoms with Crippen LogP contribution in [0.2, 0.25) is 0 Å². The number of hydrogen-bond donors (Lipinski definition) is 1. The Morgan fingerprint density at radius 1 is 1.14 bits per heavy atom. The number of hydrogen-bond acceptors (Lipinski definition) is 5. The molecule has 1 aromatic carbocycles. The van der Waals surface area contributed by atoms with E-state index in [1.807, 2.05) is 30.3 Å². The number of nitrogens with one attached hydrogen (secondary N) is 1. The van der Waals surface area contributed by atoms with Crippen molar-refractivity contribution in [3.05, 3.63) is 35.9 Å². The molecule has 1 aromatic rings. The molecule has 0 spiro atoms. The number of ether oxygens (including phenoxy) is 1. The Balaban J connectivity index is 1.79. The normalized spacial score (nSPS) is 16.5. The summed E-state index contributed by atoms with van der Waals surface area (Å²) >= 11 is 0. The minimum absolute atomic E-state index is 0.0865. The third-order valence-electron chi connectivity index (χ3n) is 4.99. The van der Waals surface area contributed by atoms with E-state index in [0.29, 0.717) is 6.42 Å². The zero-order chi connectivity index (χ0) is 20.2. The highest BCUT2D eigenvalue weighted by Crippen LogP contribution is 2.22. The number of benzene rings is 1. The summed E-state index contributed by atoms with van der Waals surface area (Å²) in [6.45, 7) is 2.25. The maximum absolute atomic E-state index is 12.3. The molecule has 0 saturated heterocycles. The van der Waals surface area contributed by atoms with Gasteiger partial charge in [0.25, 0.3) is 10.1 Å². The van der Waals surface area contributed by atoms with Crippen molar-refractivity contribution < 1.29 is 22.1 Å². The predicted octanol–water partition coefficient (Wildman–Crippen LogP) is 4.54. The van der Waals surface area contributed by atoms with Crippen LogP contribution in [0.4, 0.5) is 4.79 Å². The molecule has 0 unspecified atom stereocenters. The van der Waals surface area contributed by atoms with Gasteiger partial charge in [-0.2, -0.15) is 8.42 Å². The van der Waals surface area contributed by atoms with Crippen LogP contribution in [-0.4, -0.2) is 32.4 Å². The van der Waals surface area contributed by atoms with E-state index in [9.17, 15) is 13.2 Å². The second-order valence-electron chi connectivity index (χ2n) is 7.45. The van der Waals surface area contributed by atoms with Crippen molar-refractivity contribution in [1.82, 2.24) is 5.32 Å². The van der Waals surface area contributed by atoms with Crippen molar-refractivity contribution in [1.29, 1.82) is 0 Å².